The van der Waals surface area contributed by atoms with Crippen LogP contribution < -0.4 is 0 Å². The molecule has 112 valence electrons. The van der Waals surface area contributed by atoms with Gasteiger partial charge in [-0.15, -0.1) is 21.5 Å². The summed E-state index contributed by atoms with van der Waals surface area (Å²) >= 11 is 14.4. The number of hydrogen-bond donors (Lipinski definition) is 0. The van der Waals surface area contributed by atoms with Gasteiger partial charge in [0, 0.05) is 37.6 Å². The van der Waals surface area contributed by atoms with E-state index in [1.807, 2.05) is 12.1 Å². The number of nitrogens with zero attached hydrogens (tertiary/aromatic N) is 4. The molecule has 0 saturated carbocycles. The molecule has 0 N–H and O–H groups in total. The first-order valence-electron chi connectivity index (χ1n) is 6.36. The fraction of sp³-hybridized carbons (Fsp3) is 0.417. The molecule has 1 saturated heterocycles. The van der Waals surface area contributed by atoms with Gasteiger partial charge >= 0.3 is 0 Å². The number of carbonyl (C=O) groups excluding carboxylic acids is 1. The van der Waals surface area contributed by atoms with Crippen molar-refractivity contribution in [2.45, 2.75) is 6.54 Å². The minimum Gasteiger partial charge on any atom is -0.334 e. The van der Waals surface area contributed by atoms with Crippen LogP contribution in [-0.4, -0.2) is 52.1 Å². The number of carbonyl (C=O) groups is 1. The van der Waals surface area contributed by atoms with Crippen LogP contribution in [0.3, 0.4) is 0 Å². The second-order valence-corrected chi connectivity index (χ2v) is 7.99. The van der Waals surface area contributed by atoms with E-state index < -0.39 is 0 Å². The highest BCUT2D eigenvalue weighted by atomic mass is 35.5. The molecule has 21 heavy (non-hydrogen) atoms. The standard InChI is InChI=1S/C12H12Cl2N4OS2/c13-9-2-1-8(20-9)7-17-3-5-18(6-4-17)11(19)10-15-16-12(14)21-10/h1-2H,3-7H2. The van der Waals surface area contributed by atoms with Crippen molar-refractivity contribution in [1.29, 1.82) is 0 Å². The van der Waals surface area contributed by atoms with Crippen LogP contribution in [0.5, 0.6) is 0 Å². The van der Waals surface area contributed by atoms with Gasteiger partial charge in [0.1, 0.15) is 0 Å². The first kappa shape index (κ1) is 15.2. The quantitative estimate of drug-likeness (QED) is 0.842. The van der Waals surface area contributed by atoms with E-state index in [2.05, 4.69) is 15.1 Å². The second kappa shape index (κ2) is 6.58. The van der Waals surface area contributed by atoms with E-state index in [0.717, 1.165) is 35.3 Å². The smallest absolute Gasteiger partial charge is 0.284 e. The lowest BCUT2D eigenvalue weighted by molar-refractivity contribution is 0.0628. The summed E-state index contributed by atoms with van der Waals surface area (Å²) in [6, 6.07) is 3.97. The number of aromatic nitrogens is 2. The van der Waals surface area contributed by atoms with Crippen molar-refractivity contribution >= 4 is 51.8 Å². The molecule has 0 aromatic carbocycles. The van der Waals surface area contributed by atoms with Crippen molar-refractivity contribution in [1.82, 2.24) is 20.0 Å². The molecule has 2 aromatic heterocycles. The maximum atomic E-state index is 12.2. The van der Waals surface area contributed by atoms with E-state index >= 15 is 0 Å². The molecular formula is C12H12Cl2N4OS2. The summed E-state index contributed by atoms with van der Waals surface area (Å²) in [5.41, 5.74) is 0. The van der Waals surface area contributed by atoms with E-state index in [9.17, 15) is 4.79 Å². The van der Waals surface area contributed by atoms with Gasteiger partial charge in [0.25, 0.3) is 5.91 Å². The van der Waals surface area contributed by atoms with Crippen LogP contribution in [0.4, 0.5) is 0 Å². The topological polar surface area (TPSA) is 49.3 Å². The lowest BCUT2D eigenvalue weighted by atomic mass is 10.3. The maximum absolute atomic E-state index is 12.2. The number of amides is 1. The first-order chi connectivity index (χ1) is 10.1. The predicted octanol–water partition coefficient (Wildman–Crippen LogP) is 2.86. The zero-order valence-electron chi connectivity index (χ0n) is 11.0. The van der Waals surface area contributed by atoms with Gasteiger partial charge in [0.15, 0.2) is 0 Å². The monoisotopic (exact) mass is 362 g/mol. The summed E-state index contributed by atoms with van der Waals surface area (Å²) in [5, 5.41) is 7.83. The molecular weight excluding hydrogens is 351 g/mol. The van der Waals surface area contributed by atoms with E-state index in [1.54, 1.807) is 16.2 Å². The van der Waals surface area contributed by atoms with Crippen molar-refractivity contribution < 1.29 is 4.79 Å². The average Bonchev–Trinajstić information content (AvgIpc) is 3.08. The number of thiophene rings is 1. The van der Waals surface area contributed by atoms with Gasteiger partial charge in [-0.3, -0.25) is 9.69 Å². The van der Waals surface area contributed by atoms with Gasteiger partial charge in [-0.2, -0.15) is 0 Å². The average molecular weight is 363 g/mol. The molecule has 2 aromatic rings. The molecule has 1 fully saturated rings. The fourth-order valence-corrected chi connectivity index (χ4v) is 4.12. The van der Waals surface area contributed by atoms with Crippen molar-refractivity contribution in [3.8, 4) is 0 Å². The van der Waals surface area contributed by atoms with Crippen LogP contribution in [0.1, 0.15) is 14.7 Å². The van der Waals surface area contributed by atoms with E-state index in [4.69, 9.17) is 23.2 Å². The molecule has 3 heterocycles. The van der Waals surface area contributed by atoms with Gasteiger partial charge in [-0.1, -0.05) is 22.9 Å². The minimum atomic E-state index is -0.0850. The van der Waals surface area contributed by atoms with Crippen molar-refractivity contribution in [2.24, 2.45) is 0 Å². The highest BCUT2D eigenvalue weighted by Gasteiger charge is 2.24. The minimum absolute atomic E-state index is 0.0850. The summed E-state index contributed by atoms with van der Waals surface area (Å²) < 4.78 is 1.11. The van der Waals surface area contributed by atoms with Crippen LogP contribution in [0.2, 0.25) is 8.80 Å². The van der Waals surface area contributed by atoms with E-state index in [-0.39, 0.29) is 5.91 Å². The molecule has 3 rings (SSSR count). The third kappa shape index (κ3) is 3.73. The summed E-state index contributed by atoms with van der Waals surface area (Å²) in [4.78, 5) is 17.6. The number of piperazine rings is 1. The summed E-state index contributed by atoms with van der Waals surface area (Å²) in [6.45, 7) is 3.94. The van der Waals surface area contributed by atoms with Gasteiger partial charge in [-0.25, -0.2) is 0 Å². The second-order valence-electron chi connectivity index (χ2n) is 4.63. The Labute approximate surface area is 140 Å². The summed E-state index contributed by atoms with van der Waals surface area (Å²) in [6.07, 6.45) is 0. The molecule has 0 atom stereocenters. The normalized spacial score (nSPS) is 16.4. The van der Waals surface area contributed by atoms with Gasteiger partial charge in [0.2, 0.25) is 9.47 Å². The lowest BCUT2D eigenvalue weighted by Crippen LogP contribution is -2.48. The number of rotatable bonds is 3. The number of hydrogen-bond acceptors (Lipinski definition) is 6. The molecule has 0 aliphatic carbocycles. The zero-order valence-corrected chi connectivity index (χ0v) is 14.1. The highest BCUT2D eigenvalue weighted by Crippen LogP contribution is 2.23. The molecule has 0 unspecified atom stereocenters. The molecule has 1 aliphatic rings. The zero-order chi connectivity index (χ0) is 14.8. The Morgan fingerprint density at radius 3 is 2.48 bits per heavy atom. The van der Waals surface area contributed by atoms with Gasteiger partial charge in [0.05, 0.1) is 4.34 Å². The largest absolute Gasteiger partial charge is 0.334 e. The van der Waals surface area contributed by atoms with E-state index in [1.165, 1.54) is 4.88 Å². The molecule has 1 aliphatic heterocycles. The Morgan fingerprint density at radius 2 is 1.90 bits per heavy atom. The summed E-state index contributed by atoms with van der Waals surface area (Å²) in [7, 11) is 0. The van der Waals surface area contributed by atoms with Crippen LogP contribution in [0.15, 0.2) is 12.1 Å². The van der Waals surface area contributed by atoms with Crippen LogP contribution >= 0.6 is 45.9 Å². The first-order valence-corrected chi connectivity index (χ1v) is 8.75. The Bertz CT molecular complexity index is 637. The van der Waals surface area contributed by atoms with Crippen molar-refractivity contribution in [3.63, 3.8) is 0 Å². The molecule has 9 heteroatoms. The van der Waals surface area contributed by atoms with Crippen LogP contribution in [0.25, 0.3) is 0 Å². The predicted molar refractivity (Wildman–Crippen MR) is 85.4 cm³/mol. The Kier molecular flexibility index (Phi) is 4.75. The SMILES string of the molecule is O=C(c1nnc(Cl)s1)N1CCN(Cc2ccc(Cl)s2)CC1. The van der Waals surface area contributed by atoms with Crippen LogP contribution in [0, 0.1) is 0 Å². The summed E-state index contributed by atoms with van der Waals surface area (Å²) in [5.74, 6) is -0.0850. The highest BCUT2D eigenvalue weighted by molar-refractivity contribution is 7.17. The Morgan fingerprint density at radius 1 is 1.14 bits per heavy atom. The van der Waals surface area contributed by atoms with Crippen molar-refractivity contribution in [2.75, 3.05) is 26.2 Å². The van der Waals surface area contributed by atoms with Gasteiger partial charge in [-0.05, 0) is 23.7 Å². The number of halogens is 2. The third-order valence-corrected chi connectivity index (χ3v) is 5.47. The van der Waals surface area contributed by atoms with E-state index in [0.29, 0.717) is 22.6 Å². The Hall–Kier alpha value is -0.730. The lowest BCUT2D eigenvalue weighted by Gasteiger charge is -2.33. The van der Waals surface area contributed by atoms with Crippen LogP contribution in [-0.2, 0) is 6.54 Å². The van der Waals surface area contributed by atoms with Crippen molar-refractivity contribution in [3.05, 3.63) is 30.8 Å². The third-order valence-electron chi connectivity index (χ3n) is 3.25. The fourth-order valence-electron chi connectivity index (χ4n) is 2.19. The molecule has 0 bridgehead atoms. The molecule has 5 nitrogen and oxygen atoms in total. The molecule has 0 radical (unpaired) electrons. The van der Waals surface area contributed by atoms with Gasteiger partial charge < -0.3 is 4.90 Å². The Balaban J connectivity index is 1.54. The maximum Gasteiger partial charge on any atom is 0.284 e. The molecule has 1 amide bonds. The molecule has 0 spiro atoms.